The van der Waals surface area contributed by atoms with Gasteiger partial charge in [-0.25, -0.2) is 0 Å². The minimum atomic E-state index is -0.472. The van der Waals surface area contributed by atoms with Crippen LogP contribution in [0.15, 0.2) is 0 Å². The second-order valence-corrected chi connectivity index (χ2v) is 4.77. The summed E-state index contributed by atoms with van der Waals surface area (Å²) in [5.41, 5.74) is 13.5. The average molecular weight is 352 g/mol. The molecule has 0 spiro atoms. The first kappa shape index (κ1) is 12.8. The fraction of sp³-hybridized carbons (Fsp3) is 1.00. The van der Waals surface area contributed by atoms with E-state index in [4.69, 9.17) is 30.3 Å². The molecule has 0 amide bonds. The van der Waals surface area contributed by atoms with Crippen molar-refractivity contribution in [3.05, 3.63) is 11.5 Å². The van der Waals surface area contributed by atoms with E-state index in [1.54, 1.807) is 6.92 Å². The number of nitrogens with one attached hydrogen (secondary N) is 2. The summed E-state index contributed by atoms with van der Waals surface area (Å²) in [6.07, 6.45) is 0.708. The molecule has 0 rings (SSSR count). The summed E-state index contributed by atoms with van der Waals surface area (Å²) >= 11 is -0.472. The van der Waals surface area contributed by atoms with Gasteiger partial charge < -0.3 is 11.5 Å². The molecule has 0 saturated heterocycles. The van der Waals surface area contributed by atoms with Crippen molar-refractivity contribution in [3.8, 4) is 0 Å². The van der Waals surface area contributed by atoms with E-state index in [1.165, 1.54) is 0 Å². The van der Waals surface area contributed by atoms with Crippen LogP contribution in [0.2, 0.25) is 0 Å². The average Bonchev–Trinajstić information content (AvgIpc) is 1.67. The summed E-state index contributed by atoms with van der Waals surface area (Å²) in [6, 6.07) is -0.0394. The number of hydrogen-bond acceptors (Lipinski definition) is 0. The quantitative estimate of drug-likeness (QED) is 0.733. The zero-order chi connectivity index (χ0) is 7.70. The van der Waals surface area contributed by atoms with E-state index in [-0.39, 0.29) is 6.04 Å². The van der Waals surface area contributed by atoms with Gasteiger partial charge >= 0.3 is 35.3 Å². The molecule has 0 aromatic rings. The summed E-state index contributed by atoms with van der Waals surface area (Å²) in [7, 11) is 9.75. The molecule has 0 fully saturated rings. The van der Waals surface area contributed by atoms with E-state index in [0.29, 0.717) is 13.0 Å². The Morgan fingerprint density at radius 3 is 1.89 bits per heavy atom. The monoisotopic (exact) mass is 351 g/mol. The maximum absolute atomic E-state index is 6.86. The van der Waals surface area contributed by atoms with Gasteiger partial charge in [-0.15, -0.1) is 6.04 Å². The molecule has 0 bridgehead atoms. The predicted octanol–water partition coefficient (Wildman–Crippen LogP) is 3.25. The van der Waals surface area contributed by atoms with Gasteiger partial charge in [0.2, 0.25) is 0 Å². The molecular formula is C4H10Cl2N2Pt. The van der Waals surface area contributed by atoms with Gasteiger partial charge in [0.1, 0.15) is 0 Å². The van der Waals surface area contributed by atoms with E-state index in [2.05, 4.69) is 0 Å². The predicted molar refractivity (Wildman–Crippen MR) is 39.3 cm³/mol. The Kier molecular flexibility index (Phi) is 17.0. The van der Waals surface area contributed by atoms with Gasteiger partial charge in [-0.2, -0.15) is 6.54 Å². The Morgan fingerprint density at radius 1 is 1.56 bits per heavy atom. The summed E-state index contributed by atoms with van der Waals surface area (Å²) < 4.78 is 0. The van der Waals surface area contributed by atoms with Crippen molar-refractivity contribution >= 4 is 18.8 Å². The first-order valence-corrected chi connectivity index (χ1v) is 8.00. The van der Waals surface area contributed by atoms with Gasteiger partial charge in [0.15, 0.2) is 0 Å². The Balaban J connectivity index is 0. The molecule has 0 aliphatic rings. The van der Waals surface area contributed by atoms with Crippen LogP contribution in [0.5, 0.6) is 0 Å². The van der Waals surface area contributed by atoms with Crippen LogP contribution in [0.3, 0.4) is 0 Å². The van der Waals surface area contributed by atoms with E-state index in [0.717, 1.165) is 0 Å². The molecule has 9 heavy (non-hydrogen) atoms. The van der Waals surface area contributed by atoms with Crippen LogP contribution in [-0.4, -0.2) is 12.6 Å². The molecule has 0 aromatic heterocycles. The minimum absolute atomic E-state index is 0.0394. The van der Waals surface area contributed by atoms with Crippen molar-refractivity contribution in [1.82, 2.24) is 0 Å². The van der Waals surface area contributed by atoms with Crippen LogP contribution >= 0.6 is 18.8 Å². The van der Waals surface area contributed by atoms with Crippen LogP contribution in [-0.2, 0) is 16.5 Å². The zero-order valence-electron chi connectivity index (χ0n) is 5.06. The molecule has 1 atom stereocenters. The summed E-state index contributed by atoms with van der Waals surface area (Å²) in [4.78, 5) is 0. The molecule has 0 aliphatic heterocycles. The van der Waals surface area contributed by atoms with Gasteiger partial charge in [-0.1, -0.05) is 13.3 Å². The third-order valence-electron chi connectivity index (χ3n) is 0.577. The molecule has 60 valence electrons. The van der Waals surface area contributed by atoms with Crippen LogP contribution in [0, 0.1) is 0 Å². The molecule has 0 heterocycles. The van der Waals surface area contributed by atoms with Crippen molar-refractivity contribution in [2.75, 3.05) is 6.54 Å². The van der Waals surface area contributed by atoms with E-state index in [1.807, 2.05) is 0 Å². The van der Waals surface area contributed by atoms with Gasteiger partial charge in [-0.3, -0.25) is 0 Å². The second-order valence-electron chi connectivity index (χ2n) is 1.48. The molecule has 2 nitrogen and oxygen atoms in total. The van der Waals surface area contributed by atoms with Crippen molar-refractivity contribution in [2.45, 2.75) is 19.4 Å². The number of rotatable bonds is 2. The van der Waals surface area contributed by atoms with Crippen LogP contribution in [0.25, 0.3) is 11.5 Å². The molecule has 0 aliphatic carbocycles. The Bertz CT molecular complexity index is 45.5. The summed E-state index contributed by atoms with van der Waals surface area (Å²) in [6.45, 7) is 2.19. The van der Waals surface area contributed by atoms with E-state index in [9.17, 15) is 0 Å². The van der Waals surface area contributed by atoms with Crippen molar-refractivity contribution in [1.29, 1.82) is 0 Å². The molecule has 2 N–H and O–H groups in total. The third-order valence-corrected chi connectivity index (χ3v) is 0.577. The van der Waals surface area contributed by atoms with Crippen molar-refractivity contribution < 1.29 is 16.5 Å². The van der Waals surface area contributed by atoms with Gasteiger partial charge in [0, 0.05) is 0 Å². The number of hydrogen-bond donors (Lipinski definition) is 0. The first-order chi connectivity index (χ1) is 4.18. The van der Waals surface area contributed by atoms with Crippen LogP contribution < -0.4 is 0 Å². The molecule has 5 heteroatoms. The maximum atomic E-state index is 6.86. The van der Waals surface area contributed by atoms with Crippen molar-refractivity contribution in [2.24, 2.45) is 0 Å². The van der Waals surface area contributed by atoms with E-state index < -0.39 is 16.5 Å². The Morgan fingerprint density at radius 2 is 1.89 bits per heavy atom. The molecule has 0 aromatic carbocycles. The standard InChI is InChI=1S/C4H10N2.2ClH.Pt/c1-4(6)2-3-5;;;/h4-6H,2-3H2,1H3;2*1H;/q-2;;;+4/p-2. The normalized spacial score (nSPS) is 12.1. The van der Waals surface area contributed by atoms with Gasteiger partial charge in [0.05, 0.1) is 0 Å². The summed E-state index contributed by atoms with van der Waals surface area (Å²) in [5, 5.41) is 0. The Hall–Kier alpha value is 1.19. The molecule has 0 saturated carbocycles. The second kappa shape index (κ2) is 11.9. The Labute approximate surface area is 72.6 Å². The van der Waals surface area contributed by atoms with Crippen molar-refractivity contribution in [3.63, 3.8) is 0 Å². The molecule has 0 radical (unpaired) electrons. The fourth-order valence-electron chi connectivity index (χ4n) is 0.217. The van der Waals surface area contributed by atoms with Gasteiger partial charge in [0.25, 0.3) is 0 Å². The fourth-order valence-corrected chi connectivity index (χ4v) is 0.217. The van der Waals surface area contributed by atoms with Crippen LogP contribution in [0.1, 0.15) is 13.3 Å². The van der Waals surface area contributed by atoms with Crippen LogP contribution in [0.4, 0.5) is 0 Å². The SMILES string of the molecule is CC([NH-])CC[NH-].[Cl][Pt+2][Cl]. The van der Waals surface area contributed by atoms with E-state index >= 15 is 0 Å². The molecule has 1 unspecified atom stereocenters. The third kappa shape index (κ3) is 27.1. The topological polar surface area (TPSA) is 47.6 Å². The zero-order valence-corrected chi connectivity index (χ0v) is 8.85. The molecular weight excluding hydrogens is 342 g/mol. The first-order valence-electron chi connectivity index (χ1n) is 2.37. The van der Waals surface area contributed by atoms with Gasteiger partial charge in [-0.05, 0) is 0 Å². The number of halogens is 2. The summed E-state index contributed by atoms with van der Waals surface area (Å²) in [5.74, 6) is 0.